The van der Waals surface area contributed by atoms with E-state index in [1.165, 1.54) is 0 Å². The van der Waals surface area contributed by atoms with Gasteiger partial charge in [0.2, 0.25) is 0 Å². The molecule has 0 aliphatic rings. The van der Waals surface area contributed by atoms with Crippen molar-refractivity contribution in [1.29, 1.82) is 0 Å². The van der Waals surface area contributed by atoms with Crippen molar-refractivity contribution in [2.75, 3.05) is 0 Å². The highest BCUT2D eigenvalue weighted by Gasteiger charge is 2.08. The number of aromatic nitrogens is 1. The number of hydrogen-bond donors (Lipinski definition) is 1. The fourth-order valence-corrected chi connectivity index (χ4v) is 1.96. The Labute approximate surface area is 84.6 Å². The molecule has 0 aliphatic carbocycles. The van der Waals surface area contributed by atoms with Crippen molar-refractivity contribution in [1.82, 2.24) is 4.98 Å². The van der Waals surface area contributed by atoms with Gasteiger partial charge in [-0.05, 0) is 23.6 Å². The second-order valence-corrected chi connectivity index (χ2v) is 3.45. The summed E-state index contributed by atoms with van der Waals surface area (Å²) in [6, 6.07) is 8.93. The van der Waals surface area contributed by atoms with Gasteiger partial charge >= 0.3 is 0 Å². The van der Waals surface area contributed by atoms with E-state index in [4.69, 9.17) is 5.11 Å². The van der Waals surface area contributed by atoms with Gasteiger partial charge in [0.1, 0.15) is 0 Å². The van der Waals surface area contributed by atoms with Crippen LogP contribution in [0.25, 0.3) is 27.9 Å². The van der Waals surface area contributed by atoms with E-state index in [0.717, 1.165) is 17.0 Å². The average molecular weight is 197 g/mol. The average Bonchev–Trinajstić information content (AvgIpc) is 2.59. The van der Waals surface area contributed by atoms with E-state index in [1.807, 2.05) is 6.07 Å². The molecule has 1 aromatic heterocycles. The summed E-state index contributed by atoms with van der Waals surface area (Å²) >= 11 is 0. The molecular formula is C12H7NO2. The van der Waals surface area contributed by atoms with Crippen LogP contribution < -0.4 is 10.8 Å². The highest BCUT2D eigenvalue weighted by atomic mass is 16.2. The van der Waals surface area contributed by atoms with Crippen LogP contribution in [0.15, 0.2) is 35.1 Å². The minimum absolute atomic E-state index is 0.203. The molecular weight excluding hydrogens is 190 g/mol. The van der Waals surface area contributed by atoms with Gasteiger partial charge in [-0.3, -0.25) is 4.79 Å². The molecule has 0 bridgehead atoms. The van der Waals surface area contributed by atoms with Crippen LogP contribution >= 0.6 is 0 Å². The number of aliphatic hydroxyl groups is 1. The van der Waals surface area contributed by atoms with Crippen molar-refractivity contribution < 1.29 is 5.11 Å². The predicted octanol–water partition coefficient (Wildman–Crippen LogP) is 1.20. The molecule has 2 aromatic carbocycles. The van der Waals surface area contributed by atoms with Crippen LogP contribution in [0.5, 0.6) is 0 Å². The SMILES string of the molecule is O=c1nc2ccc(=CO)c3cccc1c23. The zero-order valence-corrected chi connectivity index (χ0v) is 7.77. The van der Waals surface area contributed by atoms with Crippen LogP contribution in [-0.2, 0) is 0 Å². The minimum atomic E-state index is -0.203. The van der Waals surface area contributed by atoms with E-state index in [0.29, 0.717) is 16.1 Å². The van der Waals surface area contributed by atoms with Crippen LogP contribution in [0.1, 0.15) is 0 Å². The lowest BCUT2D eigenvalue weighted by atomic mass is 10.1. The molecule has 0 fully saturated rings. The molecule has 0 radical (unpaired) electrons. The second-order valence-electron chi connectivity index (χ2n) is 3.45. The smallest absolute Gasteiger partial charge is 0.278 e. The first-order valence-electron chi connectivity index (χ1n) is 4.60. The van der Waals surface area contributed by atoms with Crippen molar-refractivity contribution >= 4 is 27.9 Å². The molecule has 3 nitrogen and oxygen atoms in total. The number of rotatable bonds is 0. The molecule has 72 valence electrons. The zero-order valence-electron chi connectivity index (χ0n) is 7.77. The highest BCUT2D eigenvalue weighted by molar-refractivity contribution is 6.09. The van der Waals surface area contributed by atoms with Gasteiger partial charge in [-0.25, -0.2) is 4.98 Å². The van der Waals surface area contributed by atoms with Gasteiger partial charge in [-0.15, -0.1) is 0 Å². The van der Waals surface area contributed by atoms with E-state index in [1.54, 1.807) is 24.3 Å². The van der Waals surface area contributed by atoms with Gasteiger partial charge in [-0.1, -0.05) is 12.1 Å². The Morgan fingerprint density at radius 1 is 1.13 bits per heavy atom. The summed E-state index contributed by atoms with van der Waals surface area (Å²) in [6.07, 6.45) is 1.05. The van der Waals surface area contributed by atoms with Crippen molar-refractivity contribution in [2.45, 2.75) is 0 Å². The molecule has 0 aliphatic heterocycles. The molecule has 1 heterocycles. The first-order valence-corrected chi connectivity index (χ1v) is 4.60. The Bertz CT molecular complexity index is 749. The maximum atomic E-state index is 11.5. The maximum absolute atomic E-state index is 11.5. The second kappa shape index (κ2) is 2.67. The summed E-state index contributed by atoms with van der Waals surface area (Å²) in [6.45, 7) is 0. The Hall–Kier alpha value is -2.16. The largest absolute Gasteiger partial charge is 0.515 e. The summed E-state index contributed by atoms with van der Waals surface area (Å²) in [5.41, 5.74) is 0.488. The van der Waals surface area contributed by atoms with Crippen molar-refractivity contribution in [2.24, 2.45) is 0 Å². The lowest BCUT2D eigenvalue weighted by Gasteiger charge is -1.96. The fourth-order valence-electron chi connectivity index (χ4n) is 1.96. The molecule has 15 heavy (non-hydrogen) atoms. The quantitative estimate of drug-likeness (QED) is 0.589. The Morgan fingerprint density at radius 2 is 1.93 bits per heavy atom. The van der Waals surface area contributed by atoms with Crippen molar-refractivity contribution in [3.8, 4) is 0 Å². The molecule has 0 saturated heterocycles. The summed E-state index contributed by atoms with van der Waals surface area (Å²) in [4.78, 5) is 15.4. The lowest BCUT2D eigenvalue weighted by molar-refractivity contribution is 0.541. The van der Waals surface area contributed by atoms with E-state index in [-0.39, 0.29) is 5.56 Å². The van der Waals surface area contributed by atoms with Gasteiger partial charge in [0.05, 0.1) is 17.2 Å². The molecule has 0 unspecified atom stereocenters. The standard InChI is InChI=1S/C12H7NO2/c14-6-7-4-5-10-11-8(7)2-1-3-9(11)12(15)13-10/h1-6,14H. The van der Waals surface area contributed by atoms with Gasteiger partial charge in [-0.2, -0.15) is 0 Å². The van der Waals surface area contributed by atoms with Crippen LogP contribution in [0.3, 0.4) is 0 Å². The van der Waals surface area contributed by atoms with E-state index in [2.05, 4.69) is 4.98 Å². The lowest BCUT2D eigenvalue weighted by Crippen LogP contribution is -2.00. The maximum Gasteiger partial charge on any atom is 0.278 e. The van der Waals surface area contributed by atoms with Crippen LogP contribution in [0, 0.1) is 0 Å². The number of benzene rings is 2. The molecule has 3 aromatic rings. The van der Waals surface area contributed by atoms with Gasteiger partial charge < -0.3 is 5.11 Å². The first-order chi connectivity index (χ1) is 7.31. The van der Waals surface area contributed by atoms with Crippen LogP contribution in [0.4, 0.5) is 0 Å². The third kappa shape index (κ3) is 0.944. The molecule has 3 heteroatoms. The summed E-state index contributed by atoms with van der Waals surface area (Å²) < 4.78 is 0. The van der Waals surface area contributed by atoms with Gasteiger partial charge in [0.25, 0.3) is 5.56 Å². The predicted molar refractivity (Wildman–Crippen MR) is 59.0 cm³/mol. The summed E-state index contributed by atoms with van der Waals surface area (Å²) in [7, 11) is 0. The van der Waals surface area contributed by atoms with E-state index < -0.39 is 0 Å². The molecule has 1 N–H and O–H groups in total. The zero-order chi connectivity index (χ0) is 10.4. The summed E-state index contributed by atoms with van der Waals surface area (Å²) in [5.74, 6) is 0. The molecule has 0 atom stereocenters. The normalized spacial score (nSPS) is 12.9. The molecule has 0 saturated carbocycles. The minimum Gasteiger partial charge on any atom is -0.515 e. The number of nitrogens with zero attached hydrogens (tertiary/aromatic N) is 1. The van der Waals surface area contributed by atoms with Gasteiger partial charge in [0, 0.05) is 10.6 Å². The molecule has 0 spiro atoms. The third-order valence-corrected chi connectivity index (χ3v) is 2.64. The van der Waals surface area contributed by atoms with E-state index >= 15 is 0 Å². The molecule has 0 amide bonds. The monoisotopic (exact) mass is 197 g/mol. The van der Waals surface area contributed by atoms with E-state index in [9.17, 15) is 4.79 Å². The highest BCUT2D eigenvalue weighted by Crippen LogP contribution is 2.20. The third-order valence-electron chi connectivity index (χ3n) is 2.64. The Balaban J connectivity index is 2.80. The number of aliphatic hydroxyl groups excluding tert-OH is 1. The Kier molecular flexibility index (Phi) is 1.45. The topological polar surface area (TPSA) is 50.2 Å². The van der Waals surface area contributed by atoms with Crippen LogP contribution in [0.2, 0.25) is 0 Å². The fraction of sp³-hybridized carbons (Fsp3) is 0. The van der Waals surface area contributed by atoms with Crippen molar-refractivity contribution in [3.63, 3.8) is 0 Å². The molecule has 3 rings (SSSR count). The van der Waals surface area contributed by atoms with Gasteiger partial charge in [0.15, 0.2) is 0 Å². The van der Waals surface area contributed by atoms with Crippen molar-refractivity contribution in [3.05, 3.63) is 45.9 Å². The number of hydrogen-bond acceptors (Lipinski definition) is 3. The Morgan fingerprint density at radius 3 is 2.73 bits per heavy atom. The summed E-state index contributed by atoms with van der Waals surface area (Å²) in [5, 5.41) is 12.1. The van der Waals surface area contributed by atoms with Crippen LogP contribution in [-0.4, -0.2) is 10.1 Å². The first kappa shape index (κ1) is 8.17.